The molecule has 268 valence electrons. The summed E-state index contributed by atoms with van der Waals surface area (Å²) < 4.78 is 57.5. The lowest BCUT2D eigenvalue weighted by Crippen LogP contribution is -2.08. The highest BCUT2D eigenvalue weighted by Crippen LogP contribution is 2.30. The predicted molar refractivity (Wildman–Crippen MR) is 201 cm³/mol. The Morgan fingerprint density at radius 3 is 1.96 bits per heavy atom. The molecule has 0 bridgehead atoms. The number of allylic oxidation sites excluding steroid dienone is 1. The number of fused-ring (bicyclic) bond motifs is 2. The first kappa shape index (κ1) is 40.7. The number of sulfone groups is 2. The Balaban J connectivity index is 0.000000226. The zero-order valence-electron chi connectivity index (χ0n) is 26.7. The molecule has 0 atom stereocenters. The summed E-state index contributed by atoms with van der Waals surface area (Å²) in [5, 5.41) is 1.65. The molecular weight excluding hydrogens is 745 g/mol. The van der Waals surface area contributed by atoms with E-state index in [2.05, 4.69) is 38.2 Å². The van der Waals surface area contributed by atoms with Crippen LogP contribution in [-0.4, -0.2) is 78.6 Å². The zero-order valence-corrected chi connectivity index (χ0v) is 30.6. The van der Waals surface area contributed by atoms with Crippen LogP contribution in [-0.2, 0) is 26.1 Å². The molecule has 11 nitrogen and oxygen atoms in total. The van der Waals surface area contributed by atoms with Crippen molar-refractivity contribution in [2.75, 3.05) is 37.2 Å². The van der Waals surface area contributed by atoms with Crippen LogP contribution in [0.4, 0.5) is 0 Å². The fourth-order valence-corrected chi connectivity index (χ4v) is 6.39. The smallest absolute Gasteiger partial charge is 0.224 e. The fourth-order valence-electron chi connectivity index (χ4n) is 4.63. The lowest BCUT2D eigenvalue weighted by Gasteiger charge is -2.09. The van der Waals surface area contributed by atoms with E-state index in [1.807, 2.05) is 47.2 Å². The lowest BCUT2D eigenvalue weighted by atomic mass is 10.1. The van der Waals surface area contributed by atoms with Gasteiger partial charge in [-0.3, -0.25) is 0 Å². The number of rotatable bonds is 11. The molecule has 0 fully saturated rings. The Labute approximate surface area is 308 Å². The Bertz CT molecular complexity index is 2110. The Morgan fingerprint density at radius 2 is 1.36 bits per heavy atom. The molecule has 6 rings (SSSR count). The number of hydrogen-bond donors (Lipinski definition) is 0. The SMILES string of the molecule is C.CS(=O)(=O)CCCOc1cccc2c1C=CC2.CS(=O)(=O)CCCOc1cccc2c1ccn2-c1ccnc(Cl)n1.Clc1ccnc(Cl)n1. The largest absolute Gasteiger partial charge is 0.493 e. The van der Waals surface area contributed by atoms with Gasteiger partial charge in [-0.1, -0.05) is 49.4 Å². The molecule has 0 saturated heterocycles. The van der Waals surface area contributed by atoms with Crippen LogP contribution in [0.1, 0.15) is 31.4 Å². The van der Waals surface area contributed by atoms with Crippen molar-refractivity contribution in [3.63, 3.8) is 0 Å². The van der Waals surface area contributed by atoms with E-state index < -0.39 is 19.7 Å². The maximum Gasteiger partial charge on any atom is 0.224 e. The van der Waals surface area contributed by atoms with Gasteiger partial charge in [-0.05, 0) is 84.4 Å². The third-order valence-electron chi connectivity index (χ3n) is 6.76. The molecule has 50 heavy (non-hydrogen) atoms. The number of aromatic nitrogens is 5. The van der Waals surface area contributed by atoms with E-state index in [9.17, 15) is 16.8 Å². The molecule has 0 unspecified atom stereocenters. The van der Waals surface area contributed by atoms with Crippen LogP contribution in [0.3, 0.4) is 0 Å². The van der Waals surface area contributed by atoms with Crippen molar-refractivity contribution >= 4 is 71.5 Å². The van der Waals surface area contributed by atoms with Crippen LogP contribution in [0.2, 0.25) is 15.7 Å². The van der Waals surface area contributed by atoms with Gasteiger partial charge in [0.05, 0.1) is 30.2 Å². The van der Waals surface area contributed by atoms with Gasteiger partial charge in [-0.15, -0.1) is 0 Å². The van der Waals surface area contributed by atoms with Crippen LogP contribution in [0, 0.1) is 0 Å². The van der Waals surface area contributed by atoms with Gasteiger partial charge in [-0.25, -0.2) is 31.8 Å². The van der Waals surface area contributed by atoms with Crippen LogP contribution in [0.5, 0.6) is 11.5 Å². The second kappa shape index (κ2) is 19.0. The number of halogens is 3. The summed E-state index contributed by atoms with van der Waals surface area (Å²) in [5.41, 5.74) is 3.32. The molecule has 0 saturated carbocycles. The van der Waals surface area contributed by atoms with Crippen molar-refractivity contribution < 1.29 is 26.3 Å². The molecule has 16 heteroatoms. The maximum atomic E-state index is 11.2. The zero-order chi connectivity index (χ0) is 35.4. The molecule has 2 aromatic carbocycles. The van der Waals surface area contributed by atoms with Crippen molar-refractivity contribution in [1.29, 1.82) is 0 Å². The molecule has 3 aromatic heterocycles. The fraction of sp³-hybridized carbons (Fsp3) is 0.294. The first-order valence-electron chi connectivity index (χ1n) is 14.9. The number of hydrogen-bond acceptors (Lipinski definition) is 10. The standard InChI is InChI=1S/C16H16ClN3O3S.C13H16O3S.C4H2Cl2N2.CH4/c1-24(21,22)11-3-10-23-14-5-2-4-13-12(14)7-9-20(13)15-6-8-18-16(17)19-15;1-17(14,15)10-4-9-16-13-8-3-6-11-5-2-7-12(11)13;5-3-1-2-7-4(6)8-3;/h2,4-9H,3,10-11H2,1H3;2-3,6-8H,4-5,9-10H2,1H3;1-2H;1H4. The highest BCUT2D eigenvalue weighted by Gasteiger charge is 2.12. The minimum Gasteiger partial charge on any atom is -0.493 e. The molecule has 0 aliphatic heterocycles. The van der Waals surface area contributed by atoms with Gasteiger partial charge in [-0.2, -0.15) is 4.98 Å². The maximum absolute atomic E-state index is 11.2. The van der Waals surface area contributed by atoms with E-state index >= 15 is 0 Å². The summed E-state index contributed by atoms with van der Waals surface area (Å²) in [6.07, 6.45) is 13.6. The van der Waals surface area contributed by atoms with Gasteiger partial charge in [0.15, 0.2) is 0 Å². The molecule has 5 aromatic rings. The van der Waals surface area contributed by atoms with E-state index in [4.69, 9.17) is 44.3 Å². The van der Waals surface area contributed by atoms with Crippen molar-refractivity contribution in [1.82, 2.24) is 24.5 Å². The van der Waals surface area contributed by atoms with Crippen molar-refractivity contribution in [2.24, 2.45) is 0 Å². The van der Waals surface area contributed by atoms with Gasteiger partial charge in [0.1, 0.15) is 42.1 Å². The third-order valence-corrected chi connectivity index (χ3v) is 9.39. The monoisotopic (exact) mass is 781 g/mol. The molecule has 0 radical (unpaired) electrons. The predicted octanol–water partition coefficient (Wildman–Crippen LogP) is 7.38. The van der Waals surface area contributed by atoms with Crippen LogP contribution in [0.15, 0.2) is 79.3 Å². The lowest BCUT2D eigenvalue weighted by molar-refractivity contribution is 0.317. The number of ether oxygens (including phenoxy) is 2. The summed E-state index contributed by atoms with van der Waals surface area (Å²) in [6.45, 7) is 0.786. The first-order chi connectivity index (χ1) is 23.3. The number of nitrogens with zero attached hydrogens (tertiary/aromatic N) is 5. The second-order valence-electron chi connectivity index (χ2n) is 10.8. The summed E-state index contributed by atoms with van der Waals surface area (Å²) in [5.74, 6) is 2.52. The van der Waals surface area contributed by atoms with Gasteiger partial charge in [0, 0.05) is 42.1 Å². The van der Waals surface area contributed by atoms with E-state index in [1.54, 1.807) is 18.3 Å². The topological polar surface area (TPSA) is 143 Å². The molecule has 0 spiro atoms. The summed E-state index contributed by atoms with van der Waals surface area (Å²) in [6, 6.07) is 16.9. The van der Waals surface area contributed by atoms with E-state index in [0.29, 0.717) is 42.8 Å². The Kier molecular flexibility index (Phi) is 15.5. The van der Waals surface area contributed by atoms with Gasteiger partial charge in [0.2, 0.25) is 10.6 Å². The summed E-state index contributed by atoms with van der Waals surface area (Å²) in [7, 11) is -5.85. The number of benzene rings is 2. The average Bonchev–Trinajstić information content (AvgIpc) is 3.70. The Morgan fingerprint density at radius 1 is 0.760 bits per heavy atom. The second-order valence-corrected chi connectivity index (χ2v) is 16.4. The normalized spacial score (nSPS) is 11.8. The molecular formula is C34H38Cl3N5O6S2. The van der Waals surface area contributed by atoms with E-state index in [1.165, 1.54) is 24.3 Å². The first-order valence-corrected chi connectivity index (χ1v) is 20.2. The van der Waals surface area contributed by atoms with Crippen molar-refractivity contribution in [3.8, 4) is 17.3 Å². The molecule has 3 heterocycles. The summed E-state index contributed by atoms with van der Waals surface area (Å²) >= 11 is 16.6. The van der Waals surface area contributed by atoms with Crippen LogP contribution >= 0.6 is 34.8 Å². The third kappa shape index (κ3) is 13.2. The quantitative estimate of drug-likeness (QED) is 0.0757. The molecule has 1 aliphatic carbocycles. The summed E-state index contributed by atoms with van der Waals surface area (Å²) in [4.78, 5) is 15.3. The molecule has 0 amide bonds. The minimum atomic E-state index is -2.97. The average molecular weight is 783 g/mol. The van der Waals surface area contributed by atoms with E-state index in [0.717, 1.165) is 28.6 Å². The highest BCUT2D eigenvalue weighted by molar-refractivity contribution is 7.90. The van der Waals surface area contributed by atoms with Gasteiger partial charge < -0.3 is 14.0 Å². The Hall–Kier alpha value is -3.75. The van der Waals surface area contributed by atoms with Crippen molar-refractivity contribution in [2.45, 2.75) is 26.7 Å². The van der Waals surface area contributed by atoms with Crippen LogP contribution in [0.25, 0.3) is 22.8 Å². The van der Waals surface area contributed by atoms with Crippen molar-refractivity contribution in [3.05, 3.63) is 106 Å². The highest BCUT2D eigenvalue weighted by atomic mass is 35.5. The molecule has 1 aliphatic rings. The van der Waals surface area contributed by atoms with Gasteiger partial charge >= 0.3 is 0 Å². The van der Waals surface area contributed by atoms with Gasteiger partial charge in [0.25, 0.3) is 0 Å². The molecule has 0 N–H and O–H groups in total. The van der Waals surface area contributed by atoms with Crippen LogP contribution < -0.4 is 9.47 Å². The minimum absolute atomic E-state index is 0. The van der Waals surface area contributed by atoms with E-state index in [-0.39, 0.29) is 29.5 Å².